The first-order chi connectivity index (χ1) is 12.7. The van der Waals surface area contributed by atoms with Crippen molar-refractivity contribution in [1.82, 2.24) is 10.6 Å². The summed E-state index contributed by atoms with van der Waals surface area (Å²) in [6.45, 7) is 4.03. The first-order valence-corrected chi connectivity index (χ1v) is 9.18. The molecular formula is C20H24ClN3O2. The Kier molecular flexibility index (Phi) is 6.23. The second-order valence-corrected chi connectivity index (χ2v) is 6.46. The van der Waals surface area contributed by atoms with E-state index in [1.807, 2.05) is 36.4 Å². The Hall–Kier alpha value is -2.40. The van der Waals surface area contributed by atoms with Crippen LogP contribution in [0.15, 0.2) is 47.5 Å². The number of methoxy groups -OCH3 is 1. The van der Waals surface area contributed by atoms with Crippen LogP contribution in [-0.2, 0) is 6.54 Å². The Labute approximate surface area is 159 Å². The van der Waals surface area contributed by atoms with Gasteiger partial charge in [0.1, 0.15) is 11.5 Å². The fourth-order valence-electron chi connectivity index (χ4n) is 2.99. The van der Waals surface area contributed by atoms with E-state index >= 15 is 0 Å². The van der Waals surface area contributed by atoms with E-state index in [0.717, 1.165) is 41.6 Å². The molecule has 0 aromatic heterocycles. The third-order valence-corrected chi connectivity index (χ3v) is 4.51. The lowest BCUT2D eigenvalue weighted by atomic mass is 10.0. The maximum absolute atomic E-state index is 6.03. The zero-order valence-corrected chi connectivity index (χ0v) is 15.8. The van der Waals surface area contributed by atoms with E-state index in [1.165, 1.54) is 0 Å². The Balaban J connectivity index is 1.77. The van der Waals surface area contributed by atoms with Crippen LogP contribution in [0, 0.1) is 0 Å². The second-order valence-electron chi connectivity index (χ2n) is 6.02. The van der Waals surface area contributed by atoms with E-state index < -0.39 is 0 Å². The van der Waals surface area contributed by atoms with Gasteiger partial charge >= 0.3 is 0 Å². The van der Waals surface area contributed by atoms with E-state index in [4.69, 9.17) is 26.1 Å². The van der Waals surface area contributed by atoms with Crippen molar-refractivity contribution < 1.29 is 9.47 Å². The van der Waals surface area contributed by atoms with Gasteiger partial charge in [-0.15, -0.1) is 0 Å². The first-order valence-electron chi connectivity index (χ1n) is 8.80. The molecule has 0 amide bonds. The molecule has 0 saturated carbocycles. The predicted molar refractivity (Wildman–Crippen MR) is 105 cm³/mol. The maximum atomic E-state index is 6.03. The number of guanidine groups is 1. The summed E-state index contributed by atoms with van der Waals surface area (Å²) in [6.07, 6.45) is 0.895. The molecule has 2 aromatic rings. The van der Waals surface area contributed by atoms with Crippen molar-refractivity contribution in [3.63, 3.8) is 0 Å². The van der Waals surface area contributed by atoms with Crippen molar-refractivity contribution in [3.05, 3.63) is 58.6 Å². The molecule has 0 saturated heterocycles. The van der Waals surface area contributed by atoms with Crippen molar-refractivity contribution in [3.8, 4) is 11.5 Å². The Morgan fingerprint density at radius 3 is 2.96 bits per heavy atom. The van der Waals surface area contributed by atoms with Crippen molar-refractivity contribution in [2.45, 2.75) is 25.9 Å². The van der Waals surface area contributed by atoms with Gasteiger partial charge in [-0.05, 0) is 25.1 Å². The number of para-hydroxylation sites is 1. The molecule has 6 heteroatoms. The maximum Gasteiger partial charge on any atom is 0.192 e. The number of aliphatic imine (C=N–C) groups is 1. The molecule has 1 unspecified atom stereocenters. The molecule has 26 heavy (non-hydrogen) atoms. The number of nitrogens with zero attached hydrogens (tertiary/aromatic N) is 1. The van der Waals surface area contributed by atoms with Gasteiger partial charge in [-0.25, -0.2) is 4.99 Å². The van der Waals surface area contributed by atoms with E-state index in [1.54, 1.807) is 7.11 Å². The summed E-state index contributed by atoms with van der Waals surface area (Å²) in [5.41, 5.74) is 2.15. The lowest BCUT2D eigenvalue weighted by Crippen LogP contribution is -2.41. The zero-order chi connectivity index (χ0) is 18.4. The highest BCUT2D eigenvalue weighted by molar-refractivity contribution is 6.30. The molecule has 1 aliphatic heterocycles. The molecule has 1 heterocycles. The van der Waals surface area contributed by atoms with E-state index in [-0.39, 0.29) is 6.04 Å². The van der Waals surface area contributed by atoms with Crippen molar-refractivity contribution in [2.75, 3.05) is 20.3 Å². The minimum atomic E-state index is 0.171. The van der Waals surface area contributed by atoms with Gasteiger partial charge in [0, 0.05) is 29.1 Å². The van der Waals surface area contributed by atoms with Crippen LogP contribution in [0.5, 0.6) is 11.5 Å². The SMILES string of the molecule is CCNC(=NCc1ccc(Cl)cc1OC)NC1CCOc2ccccc21. The van der Waals surface area contributed by atoms with E-state index in [0.29, 0.717) is 18.2 Å². The highest BCUT2D eigenvalue weighted by Crippen LogP contribution is 2.31. The normalized spacial score (nSPS) is 16.4. The second kappa shape index (κ2) is 8.81. The van der Waals surface area contributed by atoms with Crippen molar-refractivity contribution in [1.29, 1.82) is 0 Å². The number of benzene rings is 2. The van der Waals surface area contributed by atoms with Gasteiger partial charge in [0.15, 0.2) is 5.96 Å². The minimum Gasteiger partial charge on any atom is -0.496 e. The van der Waals surface area contributed by atoms with Crippen molar-refractivity contribution >= 4 is 17.6 Å². The van der Waals surface area contributed by atoms with Gasteiger partial charge in [0.25, 0.3) is 0 Å². The topological polar surface area (TPSA) is 54.9 Å². The average molecular weight is 374 g/mol. The van der Waals surface area contributed by atoms with Gasteiger partial charge < -0.3 is 20.1 Å². The lowest BCUT2D eigenvalue weighted by molar-refractivity contribution is 0.261. The van der Waals surface area contributed by atoms with Crippen LogP contribution in [0.4, 0.5) is 0 Å². The Morgan fingerprint density at radius 2 is 2.15 bits per heavy atom. The summed E-state index contributed by atoms with van der Waals surface area (Å²) in [5.74, 6) is 2.45. The number of halogens is 1. The summed E-state index contributed by atoms with van der Waals surface area (Å²) in [5, 5.41) is 7.49. The smallest absolute Gasteiger partial charge is 0.192 e. The number of fused-ring (bicyclic) bond motifs is 1. The van der Waals surface area contributed by atoms with Crippen molar-refractivity contribution in [2.24, 2.45) is 4.99 Å². The molecule has 3 rings (SSSR count). The molecule has 0 spiro atoms. The van der Waals surface area contributed by atoms with Crippen LogP contribution in [0.3, 0.4) is 0 Å². The largest absolute Gasteiger partial charge is 0.496 e. The summed E-state index contributed by atoms with van der Waals surface area (Å²) < 4.78 is 11.1. The van der Waals surface area contributed by atoms with Gasteiger partial charge in [0.05, 0.1) is 26.3 Å². The standard InChI is InChI=1S/C20H24ClN3O2/c1-3-22-20(23-13-14-8-9-15(21)12-19(14)25-2)24-17-10-11-26-18-7-5-4-6-16(17)18/h4-9,12,17H,3,10-11,13H2,1-2H3,(H2,22,23,24). The van der Waals surface area contributed by atoms with Crippen LogP contribution in [-0.4, -0.2) is 26.2 Å². The van der Waals surface area contributed by atoms with E-state index in [2.05, 4.69) is 23.6 Å². The quantitative estimate of drug-likeness (QED) is 0.616. The van der Waals surface area contributed by atoms with E-state index in [9.17, 15) is 0 Å². The lowest BCUT2D eigenvalue weighted by Gasteiger charge is -2.28. The highest BCUT2D eigenvalue weighted by atomic mass is 35.5. The molecule has 0 radical (unpaired) electrons. The number of nitrogens with one attached hydrogen (secondary N) is 2. The molecule has 0 fully saturated rings. The highest BCUT2D eigenvalue weighted by Gasteiger charge is 2.21. The van der Waals surface area contributed by atoms with Crippen LogP contribution in [0.2, 0.25) is 5.02 Å². The molecule has 138 valence electrons. The monoisotopic (exact) mass is 373 g/mol. The molecule has 1 aliphatic rings. The summed E-state index contributed by atoms with van der Waals surface area (Å²) >= 11 is 6.03. The Morgan fingerprint density at radius 1 is 1.31 bits per heavy atom. The summed E-state index contributed by atoms with van der Waals surface area (Å²) in [4.78, 5) is 4.72. The molecule has 0 bridgehead atoms. The number of ether oxygens (including phenoxy) is 2. The molecular weight excluding hydrogens is 350 g/mol. The molecule has 5 nitrogen and oxygen atoms in total. The molecule has 2 N–H and O–H groups in total. The third-order valence-electron chi connectivity index (χ3n) is 4.27. The predicted octanol–water partition coefficient (Wildman–Crippen LogP) is 3.93. The molecule has 1 atom stereocenters. The minimum absolute atomic E-state index is 0.171. The number of rotatable bonds is 5. The fourth-order valence-corrected chi connectivity index (χ4v) is 3.15. The number of hydrogen-bond donors (Lipinski definition) is 2. The Bertz CT molecular complexity index is 779. The molecule has 0 aliphatic carbocycles. The van der Waals surface area contributed by atoms with Gasteiger partial charge in [-0.1, -0.05) is 35.9 Å². The van der Waals surface area contributed by atoms with Crippen LogP contribution < -0.4 is 20.1 Å². The van der Waals surface area contributed by atoms with Gasteiger partial charge in [-0.2, -0.15) is 0 Å². The first kappa shape index (κ1) is 18.4. The van der Waals surface area contributed by atoms with Crippen LogP contribution >= 0.6 is 11.6 Å². The zero-order valence-electron chi connectivity index (χ0n) is 15.1. The average Bonchev–Trinajstić information content (AvgIpc) is 2.67. The molecule has 2 aromatic carbocycles. The summed E-state index contributed by atoms with van der Waals surface area (Å²) in [6, 6.07) is 13.9. The van der Waals surface area contributed by atoms with Gasteiger partial charge in [0.2, 0.25) is 0 Å². The van der Waals surface area contributed by atoms with Crippen LogP contribution in [0.25, 0.3) is 0 Å². The number of hydrogen-bond acceptors (Lipinski definition) is 3. The summed E-state index contributed by atoms with van der Waals surface area (Å²) in [7, 11) is 1.64. The fraction of sp³-hybridized carbons (Fsp3) is 0.350. The van der Waals surface area contributed by atoms with Crippen LogP contribution in [0.1, 0.15) is 30.5 Å². The van der Waals surface area contributed by atoms with Gasteiger partial charge in [-0.3, -0.25) is 0 Å². The third kappa shape index (κ3) is 4.41.